The molecule has 6 nitrogen and oxygen atoms in total. The minimum atomic E-state index is -0.495. The number of hydrogen-bond donors (Lipinski definition) is 0. The van der Waals surface area contributed by atoms with Crippen molar-refractivity contribution in [1.29, 1.82) is 0 Å². The van der Waals surface area contributed by atoms with Gasteiger partial charge >= 0.3 is 6.09 Å². The molecule has 0 aliphatic carbocycles. The summed E-state index contributed by atoms with van der Waals surface area (Å²) < 4.78 is 8.14. The zero-order valence-corrected chi connectivity index (χ0v) is 15.7. The number of nitrogens with zero attached hydrogens (tertiary/aromatic N) is 4. The lowest BCUT2D eigenvalue weighted by molar-refractivity contribution is 0.0183. The average molecular weight is 383 g/mol. The van der Waals surface area contributed by atoms with E-state index in [1.807, 2.05) is 27.8 Å². The maximum Gasteiger partial charge on any atom is 0.410 e. The molecule has 2 heterocycles. The lowest BCUT2D eigenvalue weighted by Crippen LogP contribution is -2.47. The molecular formula is C16H23BrN4O2. The molecule has 126 valence electrons. The SMILES string of the molecule is [C-]#[N+]C1(Cc2c(Br)cnn2C)CCN(C(=O)OC(C)(C)C)CC1. The molecule has 1 fully saturated rings. The summed E-state index contributed by atoms with van der Waals surface area (Å²) in [6.45, 7) is 14.3. The Morgan fingerprint density at radius 1 is 1.48 bits per heavy atom. The molecule has 7 heteroatoms. The average Bonchev–Trinajstić information content (AvgIpc) is 2.78. The first-order valence-corrected chi connectivity index (χ1v) is 8.48. The molecular weight excluding hydrogens is 360 g/mol. The van der Waals surface area contributed by atoms with E-state index in [1.54, 1.807) is 15.8 Å². The number of carbonyl (C=O) groups excluding carboxylic acids is 1. The van der Waals surface area contributed by atoms with Crippen LogP contribution in [0.25, 0.3) is 4.85 Å². The summed E-state index contributed by atoms with van der Waals surface area (Å²) in [6.07, 6.45) is 3.39. The molecule has 23 heavy (non-hydrogen) atoms. The Morgan fingerprint density at radius 2 is 2.09 bits per heavy atom. The fraction of sp³-hybridized carbons (Fsp3) is 0.688. The maximum atomic E-state index is 12.1. The highest BCUT2D eigenvalue weighted by molar-refractivity contribution is 9.10. The van der Waals surface area contributed by atoms with Crippen molar-refractivity contribution in [2.45, 2.75) is 51.2 Å². The summed E-state index contributed by atoms with van der Waals surface area (Å²) in [4.78, 5) is 17.8. The van der Waals surface area contributed by atoms with Gasteiger partial charge in [-0.2, -0.15) is 5.10 Å². The number of aromatic nitrogens is 2. The minimum Gasteiger partial charge on any atom is -0.444 e. The number of amides is 1. The van der Waals surface area contributed by atoms with Crippen LogP contribution in [0.2, 0.25) is 0 Å². The summed E-state index contributed by atoms with van der Waals surface area (Å²) >= 11 is 3.49. The van der Waals surface area contributed by atoms with Crippen LogP contribution in [-0.2, 0) is 18.2 Å². The zero-order chi connectivity index (χ0) is 17.3. The largest absolute Gasteiger partial charge is 0.444 e. The van der Waals surface area contributed by atoms with E-state index in [0.29, 0.717) is 32.4 Å². The molecule has 0 atom stereocenters. The van der Waals surface area contributed by atoms with E-state index in [0.717, 1.165) is 10.2 Å². The van der Waals surface area contributed by atoms with E-state index in [1.165, 1.54) is 0 Å². The van der Waals surface area contributed by atoms with Crippen LogP contribution in [-0.4, -0.2) is 45.0 Å². The molecule has 1 aromatic rings. The van der Waals surface area contributed by atoms with Crippen LogP contribution in [0.3, 0.4) is 0 Å². The highest BCUT2D eigenvalue weighted by atomic mass is 79.9. The molecule has 0 aromatic carbocycles. The summed E-state index contributed by atoms with van der Waals surface area (Å²) in [6, 6.07) is 0. The van der Waals surface area contributed by atoms with Gasteiger partial charge in [0.15, 0.2) is 0 Å². The van der Waals surface area contributed by atoms with Crippen molar-refractivity contribution in [2.75, 3.05) is 13.1 Å². The van der Waals surface area contributed by atoms with Gasteiger partial charge in [0, 0.05) is 33.0 Å². The van der Waals surface area contributed by atoms with Gasteiger partial charge in [0.25, 0.3) is 0 Å². The normalized spacial score (nSPS) is 17.7. The van der Waals surface area contributed by atoms with Crippen LogP contribution in [0.5, 0.6) is 0 Å². The van der Waals surface area contributed by atoms with Gasteiger partial charge in [0.2, 0.25) is 5.54 Å². The van der Waals surface area contributed by atoms with Gasteiger partial charge in [-0.15, -0.1) is 0 Å². The van der Waals surface area contributed by atoms with Gasteiger partial charge in [0.1, 0.15) is 5.60 Å². The summed E-state index contributed by atoms with van der Waals surface area (Å²) in [5, 5.41) is 4.21. The molecule has 0 saturated carbocycles. The Kier molecular flexibility index (Phi) is 5.04. The van der Waals surface area contributed by atoms with Crippen LogP contribution in [0.4, 0.5) is 4.79 Å². The number of halogens is 1. The highest BCUT2D eigenvalue weighted by Crippen LogP contribution is 2.33. The quantitative estimate of drug-likeness (QED) is 0.736. The van der Waals surface area contributed by atoms with Crippen molar-refractivity contribution in [3.05, 3.63) is 27.8 Å². The lowest BCUT2D eigenvalue weighted by Gasteiger charge is -2.35. The standard InChI is InChI=1S/C16H23BrN4O2/c1-15(2,3)23-14(22)21-8-6-16(18-4,7-9-21)10-13-12(17)11-19-20(13)5/h11H,6-10H2,1-3,5H3. The molecule has 1 aromatic heterocycles. The van der Waals surface area contributed by atoms with Crippen LogP contribution < -0.4 is 0 Å². The smallest absolute Gasteiger partial charge is 0.410 e. The Hall–Kier alpha value is -1.55. The van der Waals surface area contributed by atoms with Crippen molar-refractivity contribution in [2.24, 2.45) is 7.05 Å². The predicted octanol–water partition coefficient (Wildman–Crippen LogP) is 3.41. The van der Waals surface area contributed by atoms with Crippen LogP contribution in [0.15, 0.2) is 10.7 Å². The third-order valence-electron chi connectivity index (χ3n) is 4.09. The van der Waals surface area contributed by atoms with Gasteiger partial charge in [-0.3, -0.25) is 4.68 Å². The Labute approximate surface area is 145 Å². The number of ether oxygens (including phenoxy) is 1. The number of rotatable bonds is 2. The van der Waals surface area contributed by atoms with E-state index in [2.05, 4.69) is 25.9 Å². The minimum absolute atomic E-state index is 0.294. The molecule has 1 amide bonds. The van der Waals surface area contributed by atoms with E-state index >= 15 is 0 Å². The molecule has 1 aliphatic rings. The summed E-state index contributed by atoms with van der Waals surface area (Å²) in [5.74, 6) is 0. The fourth-order valence-electron chi connectivity index (χ4n) is 2.71. The van der Waals surface area contributed by atoms with Crippen LogP contribution in [0.1, 0.15) is 39.3 Å². The second kappa shape index (κ2) is 6.52. The van der Waals surface area contributed by atoms with Gasteiger partial charge in [-0.25, -0.2) is 11.4 Å². The number of piperidine rings is 1. The van der Waals surface area contributed by atoms with Gasteiger partial charge in [-0.1, -0.05) is 0 Å². The van der Waals surface area contributed by atoms with Crippen molar-refractivity contribution in [3.8, 4) is 0 Å². The molecule has 1 aliphatic heterocycles. The van der Waals surface area contributed by atoms with Crippen molar-refractivity contribution < 1.29 is 9.53 Å². The summed E-state index contributed by atoms with van der Waals surface area (Å²) in [5.41, 5.74) is 0.0477. The molecule has 0 N–H and O–H groups in total. The number of carbonyl (C=O) groups is 1. The third kappa shape index (κ3) is 4.25. The lowest BCUT2D eigenvalue weighted by atomic mass is 9.84. The Bertz CT molecular complexity index is 600. The Balaban J connectivity index is 2.03. The van der Waals surface area contributed by atoms with E-state index in [-0.39, 0.29) is 6.09 Å². The predicted molar refractivity (Wildman–Crippen MR) is 91.0 cm³/mol. The van der Waals surface area contributed by atoms with E-state index in [9.17, 15) is 4.79 Å². The monoisotopic (exact) mass is 382 g/mol. The van der Waals surface area contributed by atoms with Crippen molar-refractivity contribution in [3.63, 3.8) is 0 Å². The van der Waals surface area contributed by atoms with E-state index in [4.69, 9.17) is 11.3 Å². The first kappa shape index (κ1) is 17.8. The molecule has 0 spiro atoms. The number of likely N-dealkylation sites (tertiary alicyclic amines) is 1. The molecule has 1 saturated heterocycles. The van der Waals surface area contributed by atoms with Gasteiger partial charge < -0.3 is 14.5 Å². The molecule has 0 radical (unpaired) electrons. The van der Waals surface area contributed by atoms with Crippen LogP contribution >= 0.6 is 15.9 Å². The summed E-state index contributed by atoms with van der Waals surface area (Å²) in [7, 11) is 1.88. The third-order valence-corrected chi connectivity index (χ3v) is 4.75. The van der Waals surface area contributed by atoms with Crippen molar-refractivity contribution >= 4 is 22.0 Å². The first-order valence-electron chi connectivity index (χ1n) is 7.69. The van der Waals surface area contributed by atoms with Gasteiger partial charge in [-0.05, 0) is 36.7 Å². The maximum absolute atomic E-state index is 12.1. The molecule has 2 rings (SSSR count). The topological polar surface area (TPSA) is 51.7 Å². The van der Waals surface area contributed by atoms with Crippen LogP contribution in [0, 0.1) is 6.57 Å². The second-order valence-electron chi connectivity index (χ2n) is 7.04. The zero-order valence-electron chi connectivity index (χ0n) is 14.1. The number of aryl methyl sites for hydroxylation is 1. The molecule has 0 bridgehead atoms. The van der Waals surface area contributed by atoms with Gasteiger partial charge in [0.05, 0.1) is 22.8 Å². The number of hydrogen-bond acceptors (Lipinski definition) is 3. The van der Waals surface area contributed by atoms with Crippen molar-refractivity contribution in [1.82, 2.24) is 14.7 Å². The molecule has 0 unspecified atom stereocenters. The second-order valence-corrected chi connectivity index (χ2v) is 7.90. The highest BCUT2D eigenvalue weighted by Gasteiger charge is 2.43. The van der Waals surface area contributed by atoms with E-state index < -0.39 is 11.1 Å². The Morgan fingerprint density at radius 3 is 2.52 bits per heavy atom. The first-order chi connectivity index (χ1) is 10.7. The fourth-order valence-corrected chi connectivity index (χ4v) is 3.20.